The number of benzene rings is 11. The second kappa shape index (κ2) is 13.2. The van der Waals surface area contributed by atoms with Crippen LogP contribution in [0.2, 0.25) is 0 Å². The Morgan fingerprint density at radius 2 is 0.411 bits per heavy atom. The zero-order valence-corrected chi connectivity index (χ0v) is 30.8. The SMILES string of the molecule is c1ccc(-c2c3ccccc3c(-c3ccc(-c4cccc5c(-c6c7ccccc7c(-c7ccccc7)c7ccccc67)cccc45)cc3)c3ccccc23)cc1. The molecule has 0 aliphatic heterocycles. The van der Waals surface area contributed by atoms with Gasteiger partial charge in [0.15, 0.2) is 0 Å². The highest BCUT2D eigenvalue weighted by Crippen LogP contribution is 2.47. The van der Waals surface area contributed by atoms with Crippen LogP contribution in [0.15, 0.2) is 218 Å². The Kier molecular flexibility index (Phi) is 7.60. The van der Waals surface area contributed by atoms with E-state index in [4.69, 9.17) is 0 Å². The van der Waals surface area contributed by atoms with Crippen LogP contribution in [0.3, 0.4) is 0 Å². The van der Waals surface area contributed by atoms with Crippen molar-refractivity contribution >= 4 is 53.9 Å². The molecule has 0 heterocycles. The normalized spacial score (nSPS) is 11.6. The molecule has 0 atom stereocenters. The highest BCUT2D eigenvalue weighted by atomic mass is 14.2. The van der Waals surface area contributed by atoms with E-state index in [1.54, 1.807) is 0 Å². The summed E-state index contributed by atoms with van der Waals surface area (Å²) >= 11 is 0. The van der Waals surface area contributed by atoms with Crippen LogP contribution in [0.1, 0.15) is 0 Å². The van der Waals surface area contributed by atoms with E-state index < -0.39 is 0 Å². The maximum atomic E-state index is 2.32. The van der Waals surface area contributed by atoms with Crippen LogP contribution in [0, 0.1) is 0 Å². The van der Waals surface area contributed by atoms with Crippen molar-refractivity contribution in [3.05, 3.63) is 218 Å². The van der Waals surface area contributed by atoms with E-state index in [1.807, 2.05) is 0 Å². The fourth-order valence-corrected chi connectivity index (χ4v) is 9.29. The molecule has 0 bridgehead atoms. The molecule has 0 N–H and O–H groups in total. The van der Waals surface area contributed by atoms with Gasteiger partial charge in [-0.05, 0) is 109 Å². The number of fused-ring (bicyclic) bond motifs is 5. The zero-order chi connectivity index (χ0) is 37.0. The summed E-state index contributed by atoms with van der Waals surface area (Å²) in [5.41, 5.74) is 12.5. The molecule has 0 fully saturated rings. The van der Waals surface area contributed by atoms with Gasteiger partial charge in [-0.1, -0.05) is 218 Å². The summed E-state index contributed by atoms with van der Waals surface area (Å²) in [5, 5.41) is 12.7. The van der Waals surface area contributed by atoms with Gasteiger partial charge in [0.1, 0.15) is 0 Å². The van der Waals surface area contributed by atoms with E-state index in [0.717, 1.165) is 0 Å². The maximum absolute atomic E-state index is 2.32. The van der Waals surface area contributed by atoms with Crippen LogP contribution in [0.5, 0.6) is 0 Å². The Bertz CT molecular complexity index is 3150. The fourth-order valence-electron chi connectivity index (χ4n) is 9.29. The first-order chi connectivity index (χ1) is 27.8. The lowest BCUT2D eigenvalue weighted by molar-refractivity contribution is 1.63. The average molecular weight is 709 g/mol. The monoisotopic (exact) mass is 708 g/mol. The summed E-state index contributed by atoms with van der Waals surface area (Å²) in [4.78, 5) is 0. The molecular weight excluding hydrogens is 673 g/mol. The van der Waals surface area contributed by atoms with Crippen molar-refractivity contribution in [1.82, 2.24) is 0 Å². The average Bonchev–Trinajstić information content (AvgIpc) is 3.27. The molecule has 56 heavy (non-hydrogen) atoms. The van der Waals surface area contributed by atoms with E-state index in [9.17, 15) is 0 Å². The van der Waals surface area contributed by atoms with Crippen LogP contribution in [0.4, 0.5) is 0 Å². The van der Waals surface area contributed by atoms with E-state index in [-0.39, 0.29) is 0 Å². The first kappa shape index (κ1) is 32.2. The van der Waals surface area contributed by atoms with Crippen LogP contribution in [-0.2, 0) is 0 Å². The lowest BCUT2D eigenvalue weighted by Crippen LogP contribution is -1.92. The highest BCUT2D eigenvalue weighted by Gasteiger charge is 2.20. The van der Waals surface area contributed by atoms with Crippen LogP contribution < -0.4 is 0 Å². The number of hydrogen-bond acceptors (Lipinski definition) is 0. The Morgan fingerprint density at radius 3 is 0.804 bits per heavy atom. The molecule has 0 nitrogen and oxygen atoms in total. The van der Waals surface area contributed by atoms with Crippen molar-refractivity contribution in [3.63, 3.8) is 0 Å². The van der Waals surface area contributed by atoms with Gasteiger partial charge >= 0.3 is 0 Å². The minimum Gasteiger partial charge on any atom is -0.0622 e. The fraction of sp³-hybridized carbons (Fsp3) is 0. The second-order valence-corrected chi connectivity index (χ2v) is 14.7. The predicted octanol–water partition coefficient (Wildman–Crippen LogP) is 15.8. The molecule has 0 saturated carbocycles. The van der Waals surface area contributed by atoms with Gasteiger partial charge in [-0.25, -0.2) is 0 Å². The second-order valence-electron chi connectivity index (χ2n) is 14.7. The highest BCUT2D eigenvalue weighted by molar-refractivity contribution is 6.24. The van der Waals surface area contributed by atoms with Gasteiger partial charge < -0.3 is 0 Å². The molecule has 260 valence electrons. The zero-order valence-electron chi connectivity index (χ0n) is 30.8. The third-order valence-electron chi connectivity index (χ3n) is 11.7. The summed E-state index contributed by atoms with van der Waals surface area (Å²) in [6.07, 6.45) is 0. The van der Waals surface area contributed by atoms with Crippen molar-refractivity contribution in [3.8, 4) is 55.6 Å². The van der Waals surface area contributed by atoms with Crippen molar-refractivity contribution in [2.24, 2.45) is 0 Å². The van der Waals surface area contributed by atoms with Crippen molar-refractivity contribution in [2.75, 3.05) is 0 Å². The van der Waals surface area contributed by atoms with Gasteiger partial charge in [-0.15, -0.1) is 0 Å². The lowest BCUT2D eigenvalue weighted by Gasteiger charge is -2.19. The molecule has 0 unspecified atom stereocenters. The Hall–Kier alpha value is -7.28. The molecular formula is C56H36. The predicted molar refractivity (Wildman–Crippen MR) is 241 cm³/mol. The van der Waals surface area contributed by atoms with Crippen molar-refractivity contribution < 1.29 is 0 Å². The van der Waals surface area contributed by atoms with Gasteiger partial charge in [0.05, 0.1) is 0 Å². The smallest absolute Gasteiger partial charge is 0.00201 e. The molecule has 0 amide bonds. The molecule has 0 heteroatoms. The van der Waals surface area contributed by atoms with Crippen molar-refractivity contribution in [2.45, 2.75) is 0 Å². The van der Waals surface area contributed by atoms with Gasteiger partial charge in [-0.2, -0.15) is 0 Å². The molecule has 0 aromatic heterocycles. The summed E-state index contributed by atoms with van der Waals surface area (Å²) in [7, 11) is 0. The summed E-state index contributed by atoms with van der Waals surface area (Å²) in [5.74, 6) is 0. The Balaban J connectivity index is 1.09. The minimum absolute atomic E-state index is 1.21. The molecule has 0 radical (unpaired) electrons. The Morgan fingerprint density at radius 1 is 0.143 bits per heavy atom. The van der Waals surface area contributed by atoms with Crippen molar-refractivity contribution in [1.29, 1.82) is 0 Å². The maximum Gasteiger partial charge on any atom is -0.00201 e. The summed E-state index contributed by atoms with van der Waals surface area (Å²) in [6.45, 7) is 0. The summed E-state index contributed by atoms with van der Waals surface area (Å²) < 4.78 is 0. The quantitative estimate of drug-likeness (QED) is 0.156. The van der Waals surface area contributed by atoms with Gasteiger partial charge in [0, 0.05) is 0 Å². The van der Waals surface area contributed by atoms with Gasteiger partial charge in [0.25, 0.3) is 0 Å². The van der Waals surface area contributed by atoms with E-state index >= 15 is 0 Å². The van der Waals surface area contributed by atoms with Crippen LogP contribution in [-0.4, -0.2) is 0 Å². The summed E-state index contributed by atoms with van der Waals surface area (Å²) in [6, 6.07) is 80.1. The first-order valence-corrected chi connectivity index (χ1v) is 19.4. The molecule has 11 aromatic carbocycles. The topological polar surface area (TPSA) is 0 Å². The molecule has 0 spiro atoms. The van der Waals surface area contributed by atoms with Crippen LogP contribution in [0.25, 0.3) is 109 Å². The molecule has 11 rings (SSSR count). The van der Waals surface area contributed by atoms with Gasteiger partial charge in [-0.3, -0.25) is 0 Å². The minimum atomic E-state index is 1.21. The van der Waals surface area contributed by atoms with Crippen LogP contribution >= 0.6 is 0 Å². The first-order valence-electron chi connectivity index (χ1n) is 19.4. The van der Waals surface area contributed by atoms with E-state index in [1.165, 1.54) is 109 Å². The third kappa shape index (κ3) is 5.08. The lowest BCUT2D eigenvalue weighted by atomic mass is 9.84. The molecule has 11 aromatic rings. The number of rotatable bonds is 5. The Labute approximate surface area is 326 Å². The molecule has 0 aliphatic rings. The van der Waals surface area contributed by atoms with E-state index in [2.05, 4.69) is 218 Å². The largest absolute Gasteiger partial charge is 0.0622 e. The standard InChI is InChI=1S/C56H36/c1-3-17-38(18-4-1)53-45-21-7-9-23-47(45)55(48-24-10-8-22-46(48)53)40-35-33-37(34-36-40)41-29-15-31-43-42(41)30-16-32-44(43)56-51-27-13-11-25-49(51)54(39-19-5-2-6-20-39)50-26-12-14-28-52(50)56/h1-36H. The molecule has 0 saturated heterocycles. The number of hydrogen-bond donors (Lipinski definition) is 0. The van der Waals surface area contributed by atoms with Gasteiger partial charge in [0.2, 0.25) is 0 Å². The van der Waals surface area contributed by atoms with E-state index in [0.29, 0.717) is 0 Å². The molecule has 0 aliphatic carbocycles. The third-order valence-corrected chi connectivity index (χ3v) is 11.7.